The summed E-state index contributed by atoms with van der Waals surface area (Å²) in [6.45, 7) is 10.3. The molecule has 0 amide bonds. The molecule has 3 nitrogen and oxygen atoms in total. The van der Waals surface area contributed by atoms with Crippen molar-refractivity contribution in [3.05, 3.63) is 23.8 Å². The fraction of sp³-hybridized carbons (Fsp3) is 0.562. The summed E-state index contributed by atoms with van der Waals surface area (Å²) in [5.74, 6) is -0.220. The second-order valence-corrected chi connectivity index (χ2v) is 6.68. The number of nitrogens with zero attached hydrogens (tertiary/aromatic N) is 1. The summed E-state index contributed by atoms with van der Waals surface area (Å²) < 4.78 is 0. The third-order valence-electron chi connectivity index (χ3n) is 3.48. The predicted octanol–water partition coefficient (Wildman–Crippen LogP) is 3.95. The standard InChI is InChI=1S/C16H23NO2/c1-11(2)16(10-17,9-15(3,4)5)12-6-7-13(18)14(19)8-12/h6-8,11,18-19H,9H2,1-5H3. The molecule has 0 radical (unpaired) electrons. The molecule has 0 fully saturated rings. The Morgan fingerprint density at radius 2 is 1.74 bits per heavy atom. The van der Waals surface area contributed by atoms with E-state index in [1.165, 1.54) is 12.1 Å². The molecule has 19 heavy (non-hydrogen) atoms. The average molecular weight is 261 g/mol. The van der Waals surface area contributed by atoms with Crippen LogP contribution in [0.25, 0.3) is 0 Å². The molecule has 3 heteroatoms. The lowest BCUT2D eigenvalue weighted by molar-refractivity contribution is 0.245. The Balaban J connectivity index is 3.39. The first-order valence-corrected chi connectivity index (χ1v) is 6.56. The van der Waals surface area contributed by atoms with Gasteiger partial charge < -0.3 is 10.2 Å². The van der Waals surface area contributed by atoms with Crippen molar-refractivity contribution in [3.8, 4) is 17.6 Å². The van der Waals surface area contributed by atoms with E-state index in [0.29, 0.717) is 6.42 Å². The van der Waals surface area contributed by atoms with E-state index >= 15 is 0 Å². The lowest BCUT2D eigenvalue weighted by atomic mass is 9.64. The van der Waals surface area contributed by atoms with Gasteiger partial charge >= 0.3 is 0 Å². The zero-order chi connectivity index (χ0) is 14.8. The highest BCUT2D eigenvalue weighted by Crippen LogP contribution is 2.43. The zero-order valence-corrected chi connectivity index (χ0v) is 12.4. The predicted molar refractivity (Wildman–Crippen MR) is 76.0 cm³/mol. The number of nitriles is 1. The maximum absolute atomic E-state index is 9.73. The molecule has 1 aromatic rings. The molecule has 2 N–H and O–H groups in total. The van der Waals surface area contributed by atoms with Crippen LogP contribution < -0.4 is 0 Å². The highest BCUT2D eigenvalue weighted by molar-refractivity contribution is 5.45. The maximum Gasteiger partial charge on any atom is 0.157 e. The van der Waals surface area contributed by atoms with Crippen LogP contribution in [0.3, 0.4) is 0 Å². The van der Waals surface area contributed by atoms with Crippen LogP contribution in [-0.4, -0.2) is 10.2 Å². The number of hydrogen-bond donors (Lipinski definition) is 2. The van der Waals surface area contributed by atoms with Gasteiger partial charge in [-0.15, -0.1) is 0 Å². The summed E-state index contributed by atoms with van der Waals surface area (Å²) in [5.41, 5.74) is 0.0898. The van der Waals surface area contributed by atoms with Crippen molar-refractivity contribution in [2.45, 2.75) is 46.5 Å². The lowest BCUT2D eigenvalue weighted by Crippen LogP contribution is -2.35. The van der Waals surface area contributed by atoms with Crippen LogP contribution in [0.4, 0.5) is 0 Å². The van der Waals surface area contributed by atoms with Crippen LogP contribution in [0, 0.1) is 22.7 Å². The largest absolute Gasteiger partial charge is 0.504 e. The van der Waals surface area contributed by atoms with Crippen LogP contribution in [-0.2, 0) is 5.41 Å². The molecule has 0 aliphatic rings. The Hall–Kier alpha value is -1.69. The molecule has 0 saturated carbocycles. The van der Waals surface area contributed by atoms with Crippen molar-refractivity contribution in [2.24, 2.45) is 11.3 Å². The van der Waals surface area contributed by atoms with E-state index in [4.69, 9.17) is 0 Å². The van der Waals surface area contributed by atoms with Crippen molar-refractivity contribution >= 4 is 0 Å². The van der Waals surface area contributed by atoms with Gasteiger partial charge in [-0.05, 0) is 35.4 Å². The van der Waals surface area contributed by atoms with Crippen molar-refractivity contribution in [1.29, 1.82) is 5.26 Å². The second-order valence-electron chi connectivity index (χ2n) is 6.68. The lowest BCUT2D eigenvalue weighted by Gasteiger charge is -2.37. The van der Waals surface area contributed by atoms with E-state index in [9.17, 15) is 15.5 Å². The Bertz CT molecular complexity index is 494. The number of hydrogen-bond acceptors (Lipinski definition) is 3. The number of phenols is 2. The van der Waals surface area contributed by atoms with Crippen molar-refractivity contribution < 1.29 is 10.2 Å². The Kier molecular flexibility index (Phi) is 4.15. The van der Waals surface area contributed by atoms with E-state index in [2.05, 4.69) is 26.8 Å². The Labute approximate surface area is 115 Å². The van der Waals surface area contributed by atoms with Crippen molar-refractivity contribution in [3.63, 3.8) is 0 Å². The van der Waals surface area contributed by atoms with Gasteiger partial charge in [0.15, 0.2) is 11.5 Å². The number of rotatable bonds is 3. The van der Waals surface area contributed by atoms with Crippen LogP contribution in [0.1, 0.15) is 46.6 Å². The van der Waals surface area contributed by atoms with Gasteiger partial charge in [0, 0.05) is 0 Å². The topological polar surface area (TPSA) is 64.2 Å². The Morgan fingerprint density at radius 1 is 1.16 bits per heavy atom. The smallest absolute Gasteiger partial charge is 0.157 e. The van der Waals surface area contributed by atoms with Crippen LogP contribution in [0.2, 0.25) is 0 Å². The van der Waals surface area contributed by atoms with E-state index in [1.54, 1.807) is 6.07 Å². The molecule has 0 saturated heterocycles. The molecule has 0 heterocycles. The normalized spacial score (nSPS) is 15.0. The number of benzene rings is 1. The zero-order valence-electron chi connectivity index (χ0n) is 12.4. The van der Waals surface area contributed by atoms with Crippen molar-refractivity contribution in [2.75, 3.05) is 0 Å². The minimum atomic E-state index is -0.663. The van der Waals surface area contributed by atoms with Crippen LogP contribution in [0.15, 0.2) is 18.2 Å². The molecule has 1 atom stereocenters. The molecular weight excluding hydrogens is 238 g/mol. The Morgan fingerprint density at radius 3 is 2.11 bits per heavy atom. The molecule has 0 bridgehead atoms. The quantitative estimate of drug-likeness (QED) is 0.810. The van der Waals surface area contributed by atoms with Crippen LogP contribution >= 0.6 is 0 Å². The van der Waals surface area contributed by atoms with E-state index in [1.807, 2.05) is 13.8 Å². The van der Waals surface area contributed by atoms with E-state index < -0.39 is 5.41 Å². The summed E-state index contributed by atoms with van der Waals surface area (Å²) in [6, 6.07) is 7.12. The molecule has 1 aromatic carbocycles. The van der Waals surface area contributed by atoms with E-state index in [-0.39, 0.29) is 22.8 Å². The van der Waals surface area contributed by atoms with Gasteiger partial charge in [-0.1, -0.05) is 40.7 Å². The third kappa shape index (κ3) is 3.20. The molecule has 1 rings (SSSR count). The second kappa shape index (κ2) is 5.13. The summed E-state index contributed by atoms with van der Waals surface area (Å²) in [7, 11) is 0. The third-order valence-corrected chi connectivity index (χ3v) is 3.48. The van der Waals surface area contributed by atoms with Gasteiger partial charge in [0.05, 0.1) is 11.5 Å². The highest BCUT2D eigenvalue weighted by Gasteiger charge is 2.39. The molecule has 104 valence electrons. The minimum Gasteiger partial charge on any atom is -0.504 e. The summed E-state index contributed by atoms with van der Waals surface area (Å²) >= 11 is 0. The molecule has 0 aromatic heterocycles. The van der Waals surface area contributed by atoms with Gasteiger partial charge in [0.1, 0.15) is 0 Å². The first kappa shape index (κ1) is 15.4. The molecule has 0 aliphatic heterocycles. The molecular formula is C16H23NO2. The van der Waals surface area contributed by atoms with E-state index in [0.717, 1.165) is 5.56 Å². The SMILES string of the molecule is CC(C)C(C#N)(CC(C)(C)C)c1ccc(O)c(O)c1. The van der Waals surface area contributed by atoms with Gasteiger partial charge in [-0.25, -0.2) is 0 Å². The van der Waals surface area contributed by atoms with Gasteiger partial charge in [0.2, 0.25) is 0 Å². The van der Waals surface area contributed by atoms with Gasteiger partial charge in [0.25, 0.3) is 0 Å². The van der Waals surface area contributed by atoms with Crippen molar-refractivity contribution in [1.82, 2.24) is 0 Å². The summed E-state index contributed by atoms with van der Waals surface area (Å²) in [4.78, 5) is 0. The maximum atomic E-state index is 9.73. The van der Waals surface area contributed by atoms with Gasteiger partial charge in [-0.3, -0.25) is 0 Å². The highest BCUT2D eigenvalue weighted by atomic mass is 16.3. The average Bonchev–Trinajstić information content (AvgIpc) is 2.28. The molecule has 1 unspecified atom stereocenters. The fourth-order valence-corrected chi connectivity index (χ4v) is 2.51. The summed E-state index contributed by atoms with van der Waals surface area (Å²) in [5, 5.41) is 28.8. The first-order chi connectivity index (χ1) is 8.62. The molecule has 0 aliphatic carbocycles. The molecule has 0 spiro atoms. The first-order valence-electron chi connectivity index (χ1n) is 6.56. The number of phenolic OH excluding ortho intramolecular Hbond substituents is 2. The summed E-state index contributed by atoms with van der Waals surface area (Å²) in [6.07, 6.45) is 0.693. The fourth-order valence-electron chi connectivity index (χ4n) is 2.51. The minimum absolute atomic E-state index is 0.00644. The van der Waals surface area contributed by atoms with Gasteiger partial charge in [-0.2, -0.15) is 5.26 Å². The monoisotopic (exact) mass is 261 g/mol. The van der Waals surface area contributed by atoms with Crippen LogP contribution in [0.5, 0.6) is 11.5 Å². The number of aromatic hydroxyl groups is 2.